The zero-order valence-electron chi connectivity index (χ0n) is 14.0. The van der Waals surface area contributed by atoms with Crippen molar-refractivity contribution in [3.05, 3.63) is 23.9 Å². The fourth-order valence-electron chi connectivity index (χ4n) is 4.10. The van der Waals surface area contributed by atoms with Crippen molar-refractivity contribution in [1.29, 1.82) is 0 Å². The Morgan fingerprint density at radius 1 is 1.48 bits per heavy atom. The summed E-state index contributed by atoms with van der Waals surface area (Å²) >= 11 is 0. The van der Waals surface area contributed by atoms with Crippen LogP contribution in [0.25, 0.3) is 0 Å². The molecule has 2 aliphatic heterocycles. The van der Waals surface area contributed by atoms with Crippen molar-refractivity contribution in [2.45, 2.75) is 25.3 Å². The van der Waals surface area contributed by atoms with Crippen molar-refractivity contribution in [3.63, 3.8) is 0 Å². The highest BCUT2D eigenvalue weighted by molar-refractivity contribution is 5.94. The van der Waals surface area contributed by atoms with Gasteiger partial charge in [-0.05, 0) is 45.0 Å². The number of carbonyl (C=O) groups excluding carboxylic acids is 1. The standard InChI is InChI=1S/C17H26N4O2/c1-18-16(23)13-4-7-19-15(10-13)21-9-6-17(12-22)5-3-8-20(2)14(17)11-21/h4,7,10,14,22H,3,5-6,8-9,11-12H2,1-2H3,(H,18,23)/t14-,17-/m1/s1. The van der Waals surface area contributed by atoms with Gasteiger partial charge in [-0.3, -0.25) is 4.79 Å². The van der Waals surface area contributed by atoms with Gasteiger partial charge in [-0.25, -0.2) is 4.98 Å². The van der Waals surface area contributed by atoms with E-state index in [1.165, 1.54) is 0 Å². The van der Waals surface area contributed by atoms with Gasteiger partial charge in [0.15, 0.2) is 0 Å². The minimum absolute atomic E-state index is 0.0158. The predicted octanol–water partition coefficient (Wildman–Crippen LogP) is 0.724. The molecular weight excluding hydrogens is 292 g/mol. The van der Waals surface area contributed by atoms with E-state index >= 15 is 0 Å². The van der Waals surface area contributed by atoms with Crippen LogP contribution in [0.4, 0.5) is 5.82 Å². The number of aliphatic hydroxyl groups excluding tert-OH is 1. The number of aromatic nitrogens is 1. The Morgan fingerprint density at radius 2 is 2.30 bits per heavy atom. The average Bonchev–Trinajstić information content (AvgIpc) is 2.61. The molecule has 0 aliphatic carbocycles. The van der Waals surface area contributed by atoms with Gasteiger partial charge >= 0.3 is 0 Å². The van der Waals surface area contributed by atoms with Gasteiger partial charge in [0.1, 0.15) is 5.82 Å². The molecule has 0 unspecified atom stereocenters. The number of carbonyl (C=O) groups is 1. The lowest BCUT2D eigenvalue weighted by atomic mass is 9.69. The van der Waals surface area contributed by atoms with E-state index in [2.05, 4.69) is 27.1 Å². The van der Waals surface area contributed by atoms with Crippen molar-refractivity contribution < 1.29 is 9.90 Å². The first-order valence-electron chi connectivity index (χ1n) is 8.34. The summed E-state index contributed by atoms with van der Waals surface area (Å²) in [5.74, 6) is 0.752. The molecule has 1 aromatic rings. The number of rotatable bonds is 3. The molecule has 2 atom stereocenters. The predicted molar refractivity (Wildman–Crippen MR) is 89.6 cm³/mol. The van der Waals surface area contributed by atoms with Gasteiger partial charge in [0.2, 0.25) is 0 Å². The molecule has 0 aromatic carbocycles. The Labute approximate surface area is 137 Å². The highest BCUT2D eigenvalue weighted by atomic mass is 16.3. The third kappa shape index (κ3) is 2.93. The van der Waals surface area contributed by atoms with Crippen molar-refractivity contribution >= 4 is 11.7 Å². The molecule has 1 aromatic heterocycles. The monoisotopic (exact) mass is 318 g/mol. The van der Waals surface area contributed by atoms with Gasteiger partial charge in [0.05, 0.1) is 6.61 Å². The van der Waals surface area contributed by atoms with Crippen molar-refractivity contribution in [3.8, 4) is 0 Å². The highest BCUT2D eigenvalue weighted by Crippen LogP contribution is 2.42. The Kier molecular flexibility index (Phi) is 4.55. The van der Waals surface area contributed by atoms with Crippen LogP contribution in [0, 0.1) is 5.41 Å². The maximum Gasteiger partial charge on any atom is 0.251 e. The van der Waals surface area contributed by atoms with Gasteiger partial charge in [-0.15, -0.1) is 0 Å². The van der Waals surface area contributed by atoms with Crippen molar-refractivity contribution in [2.24, 2.45) is 5.41 Å². The van der Waals surface area contributed by atoms with Gasteiger partial charge in [-0.2, -0.15) is 0 Å². The van der Waals surface area contributed by atoms with Gasteiger partial charge in [0.25, 0.3) is 5.91 Å². The number of anilines is 1. The second-order valence-corrected chi connectivity index (χ2v) is 6.80. The Hall–Kier alpha value is -1.66. The quantitative estimate of drug-likeness (QED) is 0.860. The van der Waals surface area contributed by atoms with Crippen molar-refractivity contribution in [1.82, 2.24) is 15.2 Å². The van der Waals surface area contributed by atoms with Gasteiger partial charge in [0, 0.05) is 43.4 Å². The molecule has 0 spiro atoms. The SMILES string of the molecule is CNC(=O)c1ccnc(N2CC[C@@]3(CO)CCCN(C)[C@@H]3C2)c1. The summed E-state index contributed by atoms with van der Waals surface area (Å²) in [5, 5.41) is 12.6. The number of likely N-dealkylation sites (N-methyl/N-ethyl adjacent to an activating group) is 1. The number of aliphatic hydroxyl groups is 1. The fourth-order valence-corrected chi connectivity index (χ4v) is 4.10. The van der Waals surface area contributed by atoms with E-state index in [-0.39, 0.29) is 17.9 Å². The third-order valence-corrected chi connectivity index (χ3v) is 5.57. The van der Waals surface area contributed by atoms with E-state index in [0.717, 1.165) is 44.7 Å². The van der Waals surface area contributed by atoms with Crippen LogP contribution in [0.3, 0.4) is 0 Å². The lowest BCUT2D eigenvalue weighted by Crippen LogP contribution is -2.61. The van der Waals surface area contributed by atoms with Crippen LogP contribution >= 0.6 is 0 Å². The van der Waals surface area contributed by atoms with E-state index in [0.29, 0.717) is 11.6 Å². The topological polar surface area (TPSA) is 68.7 Å². The van der Waals surface area contributed by atoms with Gasteiger partial charge in [-0.1, -0.05) is 0 Å². The summed E-state index contributed by atoms with van der Waals surface area (Å²) in [6, 6.07) is 3.92. The molecule has 0 bridgehead atoms. The number of hydrogen-bond acceptors (Lipinski definition) is 5. The van der Waals surface area contributed by atoms with Crippen LogP contribution in [0.5, 0.6) is 0 Å². The normalized spacial score (nSPS) is 28.3. The average molecular weight is 318 g/mol. The zero-order chi connectivity index (χ0) is 16.4. The molecule has 2 N–H and O–H groups in total. The van der Waals surface area contributed by atoms with E-state index in [1.54, 1.807) is 19.3 Å². The molecule has 23 heavy (non-hydrogen) atoms. The number of nitrogens with zero attached hydrogens (tertiary/aromatic N) is 3. The molecule has 0 saturated carbocycles. The minimum Gasteiger partial charge on any atom is -0.396 e. The maximum atomic E-state index is 11.8. The Morgan fingerprint density at radius 3 is 3.04 bits per heavy atom. The molecule has 2 fully saturated rings. The second kappa shape index (κ2) is 6.45. The maximum absolute atomic E-state index is 11.8. The smallest absolute Gasteiger partial charge is 0.251 e. The van der Waals surface area contributed by atoms with Crippen LogP contribution in [-0.2, 0) is 0 Å². The molecule has 2 aliphatic rings. The molecule has 3 rings (SSSR count). The fraction of sp³-hybridized carbons (Fsp3) is 0.647. The first-order valence-corrected chi connectivity index (χ1v) is 8.34. The summed E-state index contributed by atoms with van der Waals surface area (Å²) in [6.45, 7) is 3.05. The molecule has 3 heterocycles. The van der Waals surface area contributed by atoms with Crippen LogP contribution in [-0.4, -0.2) is 67.3 Å². The molecule has 0 radical (unpaired) electrons. The molecular formula is C17H26N4O2. The van der Waals surface area contributed by atoms with E-state index in [4.69, 9.17) is 0 Å². The molecule has 6 heteroatoms. The summed E-state index contributed by atoms with van der Waals surface area (Å²) in [6.07, 6.45) is 4.90. The number of amides is 1. The van der Waals surface area contributed by atoms with E-state index in [9.17, 15) is 9.90 Å². The third-order valence-electron chi connectivity index (χ3n) is 5.57. The largest absolute Gasteiger partial charge is 0.396 e. The first kappa shape index (κ1) is 16.2. The highest BCUT2D eigenvalue weighted by Gasteiger charge is 2.46. The Bertz CT molecular complexity index is 579. The molecule has 126 valence electrons. The molecule has 1 amide bonds. The van der Waals surface area contributed by atoms with Crippen LogP contribution in [0.1, 0.15) is 29.6 Å². The molecule has 2 saturated heterocycles. The summed E-state index contributed by atoms with van der Waals surface area (Å²) in [7, 11) is 3.78. The number of piperidine rings is 2. The van der Waals surface area contributed by atoms with Crippen LogP contribution in [0.2, 0.25) is 0 Å². The summed E-state index contributed by atoms with van der Waals surface area (Å²) in [4.78, 5) is 20.9. The van der Waals surface area contributed by atoms with E-state index in [1.807, 2.05) is 6.07 Å². The Balaban J connectivity index is 1.82. The minimum atomic E-state index is -0.0925. The summed E-state index contributed by atoms with van der Waals surface area (Å²) < 4.78 is 0. The summed E-state index contributed by atoms with van der Waals surface area (Å²) in [5.41, 5.74) is 0.649. The number of pyridine rings is 1. The van der Waals surface area contributed by atoms with Crippen LogP contribution in [0.15, 0.2) is 18.3 Å². The number of likely N-dealkylation sites (tertiary alicyclic amines) is 1. The lowest BCUT2D eigenvalue weighted by Gasteiger charge is -2.53. The van der Waals surface area contributed by atoms with Gasteiger partial charge < -0.3 is 20.2 Å². The number of fused-ring (bicyclic) bond motifs is 1. The molecule has 6 nitrogen and oxygen atoms in total. The van der Waals surface area contributed by atoms with E-state index < -0.39 is 0 Å². The van der Waals surface area contributed by atoms with Crippen LogP contribution < -0.4 is 10.2 Å². The lowest BCUT2D eigenvalue weighted by molar-refractivity contribution is -0.0277. The number of nitrogens with one attached hydrogen (secondary N) is 1. The second-order valence-electron chi connectivity index (χ2n) is 6.80. The number of hydrogen-bond donors (Lipinski definition) is 2. The first-order chi connectivity index (χ1) is 11.1. The zero-order valence-corrected chi connectivity index (χ0v) is 14.0. The van der Waals surface area contributed by atoms with Crippen molar-refractivity contribution in [2.75, 3.05) is 45.2 Å².